The number of anilines is 1. The van der Waals surface area contributed by atoms with Crippen molar-refractivity contribution in [2.75, 3.05) is 5.48 Å². The number of hydrogen-bond acceptors (Lipinski definition) is 6. The SMILES string of the molecule is O=C(O)c1ccc2cc(S(=O)(=O)ONc3ccccc3)cc(O)c2c1. The Morgan fingerprint density at radius 2 is 1.72 bits per heavy atom. The number of rotatable bonds is 5. The molecule has 0 saturated heterocycles. The molecule has 3 aromatic carbocycles. The molecule has 0 aliphatic carbocycles. The average Bonchev–Trinajstić information content (AvgIpc) is 2.60. The largest absolute Gasteiger partial charge is 0.507 e. The van der Waals surface area contributed by atoms with Crippen LogP contribution in [0.1, 0.15) is 10.4 Å². The lowest BCUT2D eigenvalue weighted by Gasteiger charge is -2.09. The number of hydrogen-bond donors (Lipinski definition) is 3. The predicted molar refractivity (Wildman–Crippen MR) is 90.9 cm³/mol. The number of phenols is 1. The first-order valence-electron chi connectivity index (χ1n) is 7.11. The molecule has 0 spiro atoms. The minimum absolute atomic E-state index is 0.0135. The molecule has 0 atom stereocenters. The minimum atomic E-state index is -4.19. The zero-order valence-corrected chi connectivity index (χ0v) is 13.5. The fraction of sp³-hybridized carbons (Fsp3) is 0. The van der Waals surface area contributed by atoms with Crippen LogP contribution < -0.4 is 5.48 Å². The average molecular weight is 359 g/mol. The van der Waals surface area contributed by atoms with Crippen molar-refractivity contribution in [3.8, 4) is 5.75 Å². The second kappa shape index (κ2) is 6.42. The van der Waals surface area contributed by atoms with Gasteiger partial charge in [0.2, 0.25) is 0 Å². The summed E-state index contributed by atoms with van der Waals surface area (Å²) in [7, 11) is -4.19. The van der Waals surface area contributed by atoms with E-state index >= 15 is 0 Å². The van der Waals surface area contributed by atoms with E-state index in [2.05, 4.69) is 5.48 Å². The van der Waals surface area contributed by atoms with Gasteiger partial charge in [-0.05, 0) is 35.7 Å². The van der Waals surface area contributed by atoms with E-state index in [0.29, 0.717) is 11.1 Å². The van der Waals surface area contributed by atoms with Gasteiger partial charge < -0.3 is 10.2 Å². The van der Waals surface area contributed by atoms with Crippen LogP contribution in [0.15, 0.2) is 65.6 Å². The predicted octanol–water partition coefficient (Wildman–Crippen LogP) is 2.98. The third kappa shape index (κ3) is 3.54. The monoisotopic (exact) mass is 359 g/mol. The van der Waals surface area contributed by atoms with E-state index in [1.54, 1.807) is 30.3 Å². The molecule has 0 unspecified atom stereocenters. The zero-order valence-electron chi connectivity index (χ0n) is 12.7. The molecule has 0 heterocycles. The van der Waals surface area contributed by atoms with E-state index in [0.717, 1.165) is 6.07 Å². The van der Waals surface area contributed by atoms with Crippen molar-refractivity contribution in [1.29, 1.82) is 0 Å². The topological polar surface area (TPSA) is 113 Å². The summed E-state index contributed by atoms with van der Waals surface area (Å²) in [6.07, 6.45) is 0. The fourth-order valence-electron chi connectivity index (χ4n) is 2.25. The molecule has 0 fully saturated rings. The highest BCUT2D eigenvalue weighted by Gasteiger charge is 2.19. The zero-order chi connectivity index (χ0) is 18.0. The number of carboxylic acids is 1. The summed E-state index contributed by atoms with van der Waals surface area (Å²) in [6, 6.07) is 14.8. The number of carbonyl (C=O) groups is 1. The Kier molecular flexibility index (Phi) is 4.30. The second-order valence-electron chi connectivity index (χ2n) is 5.19. The van der Waals surface area contributed by atoms with Gasteiger partial charge >= 0.3 is 16.1 Å². The van der Waals surface area contributed by atoms with Gasteiger partial charge in [0, 0.05) is 11.5 Å². The first-order valence-corrected chi connectivity index (χ1v) is 8.52. The summed E-state index contributed by atoms with van der Waals surface area (Å²) < 4.78 is 29.4. The van der Waals surface area contributed by atoms with E-state index in [1.807, 2.05) is 0 Å². The number of aromatic carboxylic acids is 1. The van der Waals surface area contributed by atoms with Crippen LogP contribution in [0.25, 0.3) is 10.8 Å². The Labute approximate surface area is 143 Å². The number of para-hydroxylation sites is 1. The van der Waals surface area contributed by atoms with Gasteiger partial charge in [-0.2, -0.15) is 8.42 Å². The molecule has 8 heteroatoms. The van der Waals surface area contributed by atoms with Crippen LogP contribution in [0.5, 0.6) is 5.75 Å². The molecule has 0 aliphatic heterocycles. The van der Waals surface area contributed by atoms with Crippen LogP contribution in [0.4, 0.5) is 5.69 Å². The number of fused-ring (bicyclic) bond motifs is 1. The highest BCUT2D eigenvalue weighted by atomic mass is 32.2. The van der Waals surface area contributed by atoms with Crippen molar-refractivity contribution >= 4 is 32.5 Å². The molecule has 3 N–H and O–H groups in total. The standard InChI is InChI=1S/C17H13NO6S/c19-16-10-14(8-11-6-7-12(17(20)21)9-15(11)16)25(22,23)24-18-13-4-2-1-3-5-13/h1-10,18-19H,(H,20,21). The lowest BCUT2D eigenvalue weighted by atomic mass is 10.1. The molecule has 0 aliphatic rings. The van der Waals surface area contributed by atoms with Gasteiger partial charge in [-0.3, -0.25) is 0 Å². The molecule has 3 rings (SSSR count). The summed E-state index contributed by atoms with van der Waals surface area (Å²) in [5, 5.41) is 19.7. The summed E-state index contributed by atoms with van der Waals surface area (Å²) in [5.41, 5.74) is 2.76. The molecular weight excluding hydrogens is 346 g/mol. The van der Waals surface area contributed by atoms with Crippen molar-refractivity contribution in [2.45, 2.75) is 4.90 Å². The lowest BCUT2D eigenvalue weighted by Crippen LogP contribution is -2.11. The highest BCUT2D eigenvalue weighted by molar-refractivity contribution is 7.86. The highest BCUT2D eigenvalue weighted by Crippen LogP contribution is 2.30. The third-order valence-corrected chi connectivity index (χ3v) is 4.60. The minimum Gasteiger partial charge on any atom is -0.507 e. The second-order valence-corrected chi connectivity index (χ2v) is 6.74. The maximum Gasteiger partial charge on any atom is 0.335 e. The van der Waals surface area contributed by atoms with Gasteiger partial charge in [-0.15, -0.1) is 4.28 Å². The van der Waals surface area contributed by atoms with E-state index in [4.69, 9.17) is 9.39 Å². The Morgan fingerprint density at radius 1 is 1.00 bits per heavy atom. The Morgan fingerprint density at radius 3 is 2.40 bits per heavy atom. The van der Waals surface area contributed by atoms with Crippen molar-refractivity contribution in [3.63, 3.8) is 0 Å². The number of phenolic OH excluding ortho intramolecular Hbond substituents is 1. The van der Waals surface area contributed by atoms with Crippen LogP contribution in [0, 0.1) is 0 Å². The quantitative estimate of drug-likeness (QED) is 0.600. The normalized spacial score (nSPS) is 11.4. The maximum atomic E-state index is 12.3. The van der Waals surface area contributed by atoms with E-state index in [1.165, 1.54) is 24.3 Å². The Hall–Kier alpha value is -3.10. The van der Waals surface area contributed by atoms with Crippen LogP contribution in [-0.2, 0) is 14.4 Å². The molecule has 0 amide bonds. The first-order chi connectivity index (χ1) is 11.9. The van der Waals surface area contributed by atoms with Crippen molar-refractivity contribution in [3.05, 3.63) is 66.2 Å². The Bertz CT molecular complexity index is 1050. The fourth-order valence-corrected chi connectivity index (χ4v) is 3.08. The van der Waals surface area contributed by atoms with Crippen LogP contribution in [-0.4, -0.2) is 24.6 Å². The summed E-state index contributed by atoms with van der Waals surface area (Å²) >= 11 is 0. The number of benzene rings is 3. The molecule has 7 nitrogen and oxygen atoms in total. The van der Waals surface area contributed by atoms with Gasteiger partial charge in [-0.1, -0.05) is 24.3 Å². The number of aromatic hydroxyl groups is 1. The lowest BCUT2D eigenvalue weighted by molar-refractivity contribution is 0.0697. The number of nitrogens with one attached hydrogen (secondary N) is 1. The summed E-state index contributed by atoms with van der Waals surface area (Å²) in [6.45, 7) is 0. The van der Waals surface area contributed by atoms with E-state index < -0.39 is 16.1 Å². The van der Waals surface area contributed by atoms with Gasteiger partial charge in [0.15, 0.2) is 0 Å². The first kappa shape index (κ1) is 16.7. The molecule has 3 aromatic rings. The van der Waals surface area contributed by atoms with Gasteiger partial charge in [-0.25, -0.2) is 10.3 Å². The molecule has 0 aromatic heterocycles. The molecular formula is C17H13NO6S. The number of carboxylic acid groups (broad SMARTS) is 1. The molecule has 0 bridgehead atoms. The molecule has 0 radical (unpaired) electrons. The molecule has 0 saturated carbocycles. The molecule has 25 heavy (non-hydrogen) atoms. The summed E-state index contributed by atoms with van der Waals surface area (Å²) in [4.78, 5) is 10.7. The Balaban J connectivity index is 1.94. The van der Waals surface area contributed by atoms with Crippen LogP contribution in [0.3, 0.4) is 0 Å². The van der Waals surface area contributed by atoms with E-state index in [9.17, 15) is 18.3 Å². The van der Waals surface area contributed by atoms with Gasteiger partial charge in [0.05, 0.1) is 11.3 Å². The van der Waals surface area contributed by atoms with Crippen LogP contribution >= 0.6 is 0 Å². The van der Waals surface area contributed by atoms with Crippen LogP contribution in [0.2, 0.25) is 0 Å². The van der Waals surface area contributed by atoms with Crippen molar-refractivity contribution < 1.29 is 27.7 Å². The third-order valence-electron chi connectivity index (χ3n) is 3.48. The smallest absolute Gasteiger partial charge is 0.335 e. The van der Waals surface area contributed by atoms with Crippen molar-refractivity contribution in [1.82, 2.24) is 0 Å². The molecule has 128 valence electrons. The summed E-state index contributed by atoms with van der Waals surface area (Å²) in [5.74, 6) is -1.50. The van der Waals surface area contributed by atoms with E-state index in [-0.39, 0.29) is 21.6 Å². The van der Waals surface area contributed by atoms with Crippen molar-refractivity contribution in [2.24, 2.45) is 0 Å². The maximum absolute atomic E-state index is 12.3. The van der Waals surface area contributed by atoms with Gasteiger partial charge in [0.25, 0.3) is 0 Å². The van der Waals surface area contributed by atoms with Gasteiger partial charge in [0.1, 0.15) is 10.6 Å².